The summed E-state index contributed by atoms with van der Waals surface area (Å²) in [6.45, 7) is 3.48. The van der Waals surface area contributed by atoms with Gasteiger partial charge < -0.3 is 9.64 Å². The highest BCUT2D eigenvalue weighted by atomic mass is 16.5. The summed E-state index contributed by atoms with van der Waals surface area (Å²) in [7, 11) is 0. The van der Waals surface area contributed by atoms with E-state index >= 15 is 0 Å². The fourth-order valence-electron chi connectivity index (χ4n) is 2.87. The topological polar surface area (TPSA) is 47.4 Å². The Hall–Kier alpha value is -2.30. The highest BCUT2D eigenvalue weighted by Crippen LogP contribution is 2.15. The summed E-state index contributed by atoms with van der Waals surface area (Å²) in [5.74, 6) is 0.533. The summed E-state index contributed by atoms with van der Waals surface area (Å²) in [4.78, 5) is 14.4. The SMILES string of the molecule is C[C@@H](Oc1ccn(-c2ccccc2)n1)C(=O)N1CCCCCC1. The molecule has 0 radical (unpaired) electrons. The van der Waals surface area contributed by atoms with E-state index in [1.165, 1.54) is 12.8 Å². The summed E-state index contributed by atoms with van der Waals surface area (Å²) >= 11 is 0. The zero-order chi connectivity index (χ0) is 16.1. The predicted molar refractivity (Wildman–Crippen MR) is 88.7 cm³/mol. The molecular weight excluding hydrogens is 290 g/mol. The second kappa shape index (κ2) is 7.31. The molecule has 0 saturated carbocycles. The largest absolute Gasteiger partial charge is 0.463 e. The van der Waals surface area contributed by atoms with Crippen molar-refractivity contribution in [1.82, 2.24) is 14.7 Å². The molecule has 0 unspecified atom stereocenters. The molecule has 1 aromatic heterocycles. The molecule has 2 heterocycles. The fourth-order valence-corrected chi connectivity index (χ4v) is 2.87. The van der Waals surface area contributed by atoms with Gasteiger partial charge in [0.25, 0.3) is 5.91 Å². The Bertz CT molecular complexity index is 631. The first-order valence-corrected chi connectivity index (χ1v) is 8.30. The minimum Gasteiger partial charge on any atom is -0.463 e. The van der Waals surface area contributed by atoms with Crippen LogP contribution in [0.25, 0.3) is 5.69 Å². The zero-order valence-electron chi connectivity index (χ0n) is 13.5. The molecule has 1 aromatic carbocycles. The molecule has 122 valence electrons. The lowest BCUT2D eigenvalue weighted by Gasteiger charge is -2.23. The van der Waals surface area contributed by atoms with Crippen molar-refractivity contribution >= 4 is 5.91 Å². The first kappa shape index (κ1) is 15.6. The lowest BCUT2D eigenvalue weighted by atomic mass is 10.2. The Morgan fingerprint density at radius 1 is 1.09 bits per heavy atom. The van der Waals surface area contributed by atoms with Crippen LogP contribution >= 0.6 is 0 Å². The van der Waals surface area contributed by atoms with Gasteiger partial charge in [0.05, 0.1) is 5.69 Å². The minimum atomic E-state index is -0.507. The van der Waals surface area contributed by atoms with Gasteiger partial charge in [0, 0.05) is 25.4 Å². The van der Waals surface area contributed by atoms with Crippen LogP contribution in [-0.4, -0.2) is 39.8 Å². The van der Waals surface area contributed by atoms with Gasteiger partial charge in [-0.1, -0.05) is 31.0 Å². The number of para-hydroxylation sites is 1. The van der Waals surface area contributed by atoms with Gasteiger partial charge in [0.2, 0.25) is 5.88 Å². The van der Waals surface area contributed by atoms with Crippen molar-refractivity contribution in [2.24, 2.45) is 0 Å². The van der Waals surface area contributed by atoms with Gasteiger partial charge in [-0.3, -0.25) is 4.79 Å². The Balaban J connectivity index is 1.62. The maximum atomic E-state index is 12.5. The summed E-state index contributed by atoms with van der Waals surface area (Å²) in [6, 6.07) is 11.6. The number of benzene rings is 1. The van der Waals surface area contributed by atoms with Crippen LogP contribution in [0.5, 0.6) is 5.88 Å². The van der Waals surface area contributed by atoms with E-state index in [4.69, 9.17) is 4.74 Å². The molecule has 23 heavy (non-hydrogen) atoms. The number of hydrogen-bond acceptors (Lipinski definition) is 3. The number of rotatable bonds is 4. The molecule has 2 aromatic rings. The fraction of sp³-hybridized carbons (Fsp3) is 0.444. The third kappa shape index (κ3) is 3.92. The van der Waals surface area contributed by atoms with E-state index < -0.39 is 6.10 Å². The van der Waals surface area contributed by atoms with Crippen molar-refractivity contribution in [2.75, 3.05) is 13.1 Å². The maximum Gasteiger partial charge on any atom is 0.263 e. The molecule has 1 amide bonds. The quantitative estimate of drug-likeness (QED) is 0.871. The zero-order valence-corrected chi connectivity index (χ0v) is 13.5. The molecule has 5 heteroatoms. The van der Waals surface area contributed by atoms with Gasteiger partial charge in [-0.05, 0) is 31.9 Å². The molecule has 3 rings (SSSR count). The Labute approximate surface area is 136 Å². The number of aromatic nitrogens is 2. The standard InChI is InChI=1S/C18H23N3O2/c1-15(18(22)20-12-7-2-3-8-13-20)23-17-11-14-21(19-17)16-9-5-4-6-10-16/h4-6,9-11,14-15H,2-3,7-8,12-13H2,1H3/t15-/m1/s1. The van der Waals surface area contributed by atoms with Crippen LogP contribution in [0.3, 0.4) is 0 Å². The molecule has 1 aliphatic heterocycles. The predicted octanol–water partition coefficient (Wildman–Crippen LogP) is 3.04. The first-order chi connectivity index (χ1) is 11.2. The van der Waals surface area contributed by atoms with Crippen LogP contribution in [0.15, 0.2) is 42.6 Å². The Kier molecular flexibility index (Phi) is 4.95. The number of hydrogen-bond donors (Lipinski definition) is 0. The lowest BCUT2D eigenvalue weighted by molar-refractivity contribution is -0.138. The normalized spacial score (nSPS) is 16.7. The molecule has 1 saturated heterocycles. The summed E-state index contributed by atoms with van der Waals surface area (Å²) in [5.41, 5.74) is 0.967. The van der Waals surface area contributed by atoms with Gasteiger partial charge in [-0.25, -0.2) is 4.68 Å². The van der Waals surface area contributed by atoms with E-state index in [1.807, 2.05) is 41.4 Å². The lowest BCUT2D eigenvalue weighted by Crippen LogP contribution is -2.41. The number of carbonyl (C=O) groups is 1. The van der Waals surface area contributed by atoms with Gasteiger partial charge >= 0.3 is 0 Å². The average Bonchev–Trinajstić information content (AvgIpc) is 2.88. The van der Waals surface area contributed by atoms with Gasteiger partial charge in [-0.2, -0.15) is 0 Å². The van der Waals surface area contributed by atoms with Crippen LogP contribution in [-0.2, 0) is 4.79 Å². The molecule has 1 fully saturated rings. The van der Waals surface area contributed by atoms with Crippen LogP contribution in [0.4, 0.5) is 0 Å². The monoisotopic (exact) mass is 313 g/mol. The van der Waals surface area contributed by atoms with E-state index in [1.54, 1.807) is 17.7 Å². The van der Waals surface area contributed by atoms with Gasteiger partial charge in [-0.15, -0.1) is 5.10 Å². The third-order valence-corrected chi connectivity index (χ3v) is 4.15. The van der Waals surface area contributed by atoms with Crippen molar-refractivity contribution in [3.05, 3.63) is 42.6 Å². The maximum absolute atomic E-state index is 12.5. The summed E-state index contributed by atoms with van der Waals surface area (Å²) in [5, 5.41) is 4.39. The smallest absolute Gasteiger partial charge is 0.263 e. The molecule has 0 spiro atoms. The highest BCUT2D eigenvalue weighted by Gasteiger charge is 2.23. The van der Waals surface area contributed by atoms with Crippen molar-refractivity contribution in [3.8, 4) is 11.6 Å². The molecular formula is C18H23N3O2. The first-order valence-electron chi connectivity index (χ1n) is 8.30. The molecule has 0 N–H and O–H groups in total. The van der Waals surface area contributed by atoms with Crippen molar-refractivity contribution in [1.29, 1.82) is 0 Å². The van der Waals surface area contributed by atoms with Gasteiger partial charge in [0.1, 0.15) is 0 Å². The van der Waals surface area contributed by atoms with E-state index in [2.05, 4.69) is 5.10 Å². The highest BCUT2D eigenvalue weighted by molar-refractivity contribution is 5.80. The minimum absolute atomic E-state index is 0.0566. The van der Waals surface area contributed by atoms with Crippen LogP contribution in [0.1, 0.15) is 32.6 Å². The second-order valence-corrected chi connectivity index (χ2v) is 5.93. The van der Waals surface area contributed by atoms with E-state index in [0.717, 1.165) is 31.6 Å². The van der Waals surface area contributed by atoms with Crippen molar-refractivity contribution in [3.63, 3.8) is 0 Å². The second-order valence-electron chi connectivity index (χ2n) is 5.93. The molecule has 5 nitrogen and oxygen atoms in total. The van der Waals surface area contributed by atoms with E-state index in [-0.39, 0.29) is 5.91 Å². The third-order valence-electron chi connectivity index (χ3n) is 4.15. The Morgan fingerprint density at radius 3 is 2.48 bits per heavy atom. The van der Waals surface area contributed by atoms with E-state index in [0.29, 0.717) is 5.88 Å². The molecule has 0 aliphatic carbocycles. The van der Waals surface area contributed by atoms with Crippen LogP contribution in [0.2, 0.25) is 0 Å². The number of likely N-dealkylation sites (tertiary alicyclic amines) is 1. The molecule has 1 atom stereocenters. The van der Waals surface area contributed by atoms with Crippen molar-refractivity contribution < 1.29 is 9.53 Å². The van der Waals surface area contributed by atoms with E-state index in [9.17, 15) is 4.79 Å². The number of carbonyl (C=O) groups excluding carboxylic acids is 1. The summed E-state index contributed by atoms with van der Waals surface area (Å²) in [6.07, 6.45) is 5.92. The van der Waals surface area contributed by atoms with Crippen molar-refractivity contribution in [2.45, 2.75) is 38.7 Å². The molecule has 0 bridgehead atoms. The van der Waals surface area contributed by atoms with Crippen LogP contribution in [0, 0.1) is 0 Å². The van der Waals surface area contributed by atoms with Gasteiger partial charge in [0.15, 0.2) is 6.10 Å². The number of ether oxygens (including phenoxy) is 1. The van der Waals surface area contributed by atoms with Crippen LogP contribution < -0.4 is 4.74 Å². The average molecular weight is 313 g/mol. The summed E-state index contributed by atoms with van der Waals surface area (Å²) < 4.78 is 7.50. The molecule has 1 aliphatic rings. The number of nitrogens with zero attached hydrogens (tertiary/aromatic N) is 3. The number of amides is 1. The Morgan fingerprint density at radius 2 is 1.78 bits per heavy atom.